The first-order chi connectivity index (χ1) is 21.3. The van der Waals surface area contributed by atoms with Gasteiger partial charge in [0.1, 0.15) is 5.54 Å². The number of sulfonamides is 1. The summed E-state index contributed by atoms with van der Waals surface area (Å²) in [5, 5.41) is 15.0. The van der Waals surface area contributed by atoms with Gasteiger partial charge in [-0.15, -0.1) is 0 Å². The number of nitro benzene ring substituents is 1. The Morgan fingerprint density at radius 3 is 2.40 bits per heavy atom. The van der Waals surface area contributed by atoms with Crippen LogP contribution in [0, 0.1) is 16.0 Å². The zero-order chi connectivity index (χ0) is 32.4. The SMILES string of the molecule is CC(Cc1c[nH]c2ccccc12)(C(=O)NC(c1ccccn1)C1CCCCC1)N(C(F)(F)F)S(=O)(=O)c1ccccc1[N+](=O)[O-]. The summed E-state index contributed by atoms with van der Waals surface area (Å²) >= 11 is 0. The lowest BCUT2D eigenvalue weighted by Crippen LogP contribution is -2.65. The molecular formula is C31H32F3N5O5S. The number of halogens is 3. The highest BCUT2D eigenvalue weighted by Crippen LogP contribution is 2.42. The molecule has 4 aromatic rings. The molecule has 1 saturated carbocycles. The summed E-state index contributed by atoms with van der Waals surface area (Å²) in [6.07, 6.45) is 0.662. The van der Waals surface area contributed by atoms with Crippen LogP contribution < -0.4 is 5.32 Å². The van der Waals surface area contributed by atoms with E-state index in [0.29, 0.717) is 29.4 Å². The molecule has 1 amide bonds. The monoisotopic (exact) mass is 643 g/mol. The van der Waals surface area contributed by atoms with Gasteiger partial charge in [0.25, 0.3) is 15.7 Å². The molecule has 0 saturated heterocycles. The fourth-order valence-corrected chi connectivity index (χ4v) is 8.06. The van der Waals surface area contributed by atoms with Crippen molar-refractivity contribution in [2.24, 2.45) is 5.92 Å². The van der Waals surface area contributed by atoms with Gasteiger partial charge < -0.3 is 10.3 Å². The maximum atomic E-state index is 15.2. The summed E-state index contributed by atoms with van der Waals surface area (Å²) in [6, 6.07) is 14.8. The number of aromatic amines is 1. The van der Waals surface area contributed by atoms with Crippen LogP contribution in [-0.4, -0.2) is 45.4 Å². The third-order valence-electron chi connectivity index (χ3n) is 8.37. The molecule has 14 heteroatoms. The van der Waals surface area contributed by atoms with Gasteiger partial charge >= 0.3 is 6.30 Å². The normalized spacial score (nSPS) is 16.7. The number of fused-ring (bicyclic) bond motifs is 1. The number of amides is 1. The van der Waals surface area contributed by atoms with Gasteiger partial charge in [0.05, 0.1) is 16.7 Å². The van der Waals surface area contributed by atoms with Gasteiger partial charge in [-0.1, -0.05) is 60.0 Å². The number of carbonyl (C=O) groups excluding carboxylic acids is 1. The van der Waals surface area contributed by atoms with Crippen molar-refractivity contribution in [3.8, 4) is 0 Å². The van der Waals surface area contributed by atoms with Gasteiger partial charge in [-0.25, -0.2) is 8.42 Å². The van der Waals surface area contributed by atoms with Crippen LogP contribution in [0.5, 0.6) is 0 Å². The minimum absolute atomic E-state index is 0.152. The van der Waals surface area contributed by atoms with Crippen molar-refractivity contribution < 1.29 is 31.3 Å². The molecule has 1 aliphatic rings. The highest BCUT2D eigenvalue weighted by Gasteiger charge is 2.60. The highest BCUT2D eigenvalue weighted by atomic mass is 32.2. The number of carbonyl (C=O) groups is 1. The summed E-state index contributed by atoms with van der Waals surface area (Å²) < 4.78 is 72.9. The van der Waals surface area contributed by atoms with E-state index in [1.165, 1.54) is 12.4 Å². The quantitative estimate of drug-likeness (QED) is 0.116. The van der Waals surface area contributed by atoms with Crippen LogP contribution in [0.15, 0.2) is 84.0 Å². The summed E-state index contributed by atoms with van der Waals surface area (Å²) in [5.41, 5.74) is -2.62. The molecule has 2 heterocycles. The molecule has 0 radical (unpaired) electrons. The van der Waals surface area contributed by atoms with Crippen molar-refractivity contribution in [2.45, 2.75) is 68.2 Å². The molecule has 10 nitrogen and oxygen atoms in total. The van der Waals surface area contributed by atoms with Crippen molar-refractivity contribution in [1.82, 2.24) is 19.6 Å². The number of nitro groups is 1. The molecule has 2 aromatic heterocycles. The zero-order valence-corrected chi connectivity index (χ0v) is 25.1. The fraction of sp³-hybridized carbons (Fsp3) is 0.355. The van der Waals surface area contributed by atoms with Crippen molar-refractivity contribution in [3.63, 3.8) is 0 Å². The number of nitrogens with zero attached hydrogens (tertiary/aromatic N) is 3. The lowest BCUT2D eigenvalue weighted by molar-refractivity contribution is -0.387. The molecule has 2 atom stereocenters. The van der Waals surface area contributed by atoms with Crippen LogP contribution in [0.4, 0.5) is 18.9 Å². The van der Waals surface area contributed by atoms with E-state index in [-0.39, 0.29) is 11.5 Å². The number of para-hydroxylation sites is 2. The average Bonchev–Trinajstić information content (AvgIpc) is 3.42. The van der Waals surface area contributed by atoms with Gasteiger partial charge in [-0.3, -0.25) is 19.9 Å². The Hall–Kier alpha value is -4.30. The molecule has 2 N–H and O–H groups in total. The van der Waals surface area contributed by atoms with Crippen molar-refractivity contribution in [1.29, 1.82) is 0 Å². The largest absolute Gasteiger partial charge is 0.474 e. The first kappa shape index (κ1) is 32.1. The van der Waals surface area contributed by atoms with Crippen LogP contribution in [-0.2, 0) is 21.2 Å². The Morgan fingerprint density at radius 2 is 1.73 bits per heavy atom. The topological polar surface area (TPSA) is 138 Å². The molecular weight excluding hydrogens is 611 g/mol. The van der Waals surface area contributed by atoms with E-state index in [1.54, 1.807) is 42.5 Å². The molecule has 1 aliphatic carbocycles. The first-order valence-electron chi connectivity index (χ1n) is 14.5. The fourth-order valence-electron chi connectivity index (χ4n) is 6.26. The van der Waals surface area contributed by atoms with Gasteiger partial charge in [-0.05, 0) is 55.5 Å². The Bertz CT molecular complexity index is 1790. The maximum Gasteiger partial charge on any atom is 0.474 e. The number of hydrogen-bond acceptors (Lipinski definition) is 6. The number of alkyl halides is 3. The second kappa shape index (κ2) is 12.6. The second-order valence-corrected chi connectivity index (χ2v) is 13.1. The third-order valence-corrected chi connectivity index (χ3v) is 10.4. The van der Waals surface area contributed by atoms with E-state index in [9.17, 15) is 23.3 Å². The van der Waals surface area contributed by atoms with Crippen molar-refractivity contribution in [3.05, 3.63) is 100 Å². The smallest absolute Gasteiger partial charge is 0.361 e. The number of H-pyrrole nitrogens is 1. The van der Waals surface area contributed by atoms with E-state index in [0.717, 1.165) is 50.5 Å². The predicted octanol–water partition coefficient (Wildman–Crippen LogP) is 6.42. The van der Waals surface area contributed by atoms with Gasteiger partial charge in [0.15, 0.2) is 4.90 Å². The molecule has 2 aromatic carbocycles. The van der Waals surface area contributed by atoms with E-state index in [4.69, 9.17) is 0 Å². The van der Waals surface area contributed by atoms with Crippen molar-refractivity contribution in [2.75, 3.05) is 0 Å². The number of nitrogens with one attached hydrogen (secondary N) is 2. The van der Waals surface area contributed by atoms with E-state index < -0.39 is 60.0 Å². The van der Waals surface area contributed by atoms with Crippen LogP contribution in [0.3, 0.4) is 0 Å². The molecule has 45 heavy (non-hydrogen) atoms. The first-order valence-corrected chi connectivity index (χ1v) is 15.9. The van der Waals surface area contributed by atoms with Crippen molar-refractivity contribution >= 4 is 32.5 Å². The molecule has 0 aliphatic heterocycles. The van der Waals surface area contributed by atoms with Crippen LogP contribution in [0.2, 0.25) is 0 Å². The summed E-state index contributed by atoms with van der Waals surface area (Å²) in [5.74, 6) is -1.37. The number of hydrogen-bond donors (Lipinski definition) is 2. The lowest BCUT2D eigenvalue weighted by Gasteiger charge is -2.41. The molecule has 5 rings (SSSR count). The lowest BCUT2D eigenvalue weighted by atomic mass is 9.81. The van der Waals surface area contributed by atoms with E-state index in [2.05, 4.69) is 15.3 Å². The van der Waals surface area contributed by atoms with E-state index in [1.807, 2.05) is 0 Å². The molecule has 238 valence electrons. The summed E-state index contributed by atoms with van der Waals surface area (Å²) in [7, 11) is -5.74. The molecule has 0 spiro atoms. The highest BCUT2D eigenvalue weighted by molar-refractivity contribution is 7.89. The zero-order valence-electron chi connectivity index (χ0n) is 24.3. The van der Waals surface area contributed by atoms with E-state index >= 15 is 13.2 Å². The van der Waals surface area contributed by atoms with Crippen LogP contribution in [0.1, 0.15) is 56.3 Å². The Kier molecular flexibility index (Phi) is 8.99. The standard InChI is InChI=1S/C31H32F3N5O5S/c1-30(19-22-20-36-24-14-6-5-13-23(22)24,29(40)37-28(21-11-3-2-4-12-21)25-15-9-10-18-35-25)39(31(32,33)34)45(43,44)27-17-8-7-16-26(27)38(41)42/h5-10,13-18,20-21,28,36H,2-4,11-12,19H2,1H3,(H,37,40). The molecule has 0 bridgehead atoms. The number of rotatable bonds is 10. The minimum Gasteiger partial charge on any atom is -0.361 e. The summed E-state index contributed by atoms with van der Waals surface area (Å²) in [6.45, 7) is 0.903. The molecule has 1 fully saturated rings. The second-order valence-electron chi connectivity index (χ2n) is 11.4. The minimum atomic E-state index is -5.74. The van der Waals surface area contributed by atoms with Gasteiger partial charge in [0.2, 0.25) is 5.91 Å². The van der Waals surface area contributed by atoms with Gasteiger partial charge in [-0.2, -0.15) is 13.2 Å². The Balaban J connectivity index is 1.68. The predicted molar refractivity (Wildman–Crippen MR) is 160 cm³/mol. The Labute approximate surface area is 257 Å². The Morgan fingerprint density at radius 1 is 1.07 bits per heavy atom. The maximum absolute atomic E-state index is 15.2. The number of benzene rings is 2. The number of aromatic nitrogens is 2. The summed E-state index contributed by atoms with van der Waals surface area (Å²) in [4.78, 5) is 31.3. The average molecular weight is 644 g/mol. The third kappa shape index (κ3) is 6.43. The van der Waals surface area contributed by atoms with Crippen LogP contribution in [0.25, 0.3) is 10.9 Å². The molecule has 2 unspecified atom stereocenters. The van der Waals surface area contributed by atoms with Gasteiger partial charge in [0, 0.05) is 35.8 Å². The number of pyridine rings is 1. The van der Waals surface area contributed by atoms with Crippen LogP contribution >= 0.6 is 0 Å².